The molecule has 7 nitrogen and oxygen atoms in total. The van der Waals surface area contributed by atoms with Crippen LogP contribution in [0.4, 0.5) is 14.5 Å². The SMILES string of the molecule is N#Cc1ccc(Cl)cc1NC(=O)COC(=O)c1cc(-c2ccc(OC(F)F)cc2)nc2ccccc12. The summed E-state index contributed by atoms with van der Waals surface area (Å²) in [6.07, 6.45) is 0. The summed E-state index contributed by atoms with van der Waals surface area (Å²) in [5.74, 6) is -1.44. The Hall–Kier alpha value is -4.55. The summed E-state index contributed by atoms with van der Waals surface area (Å²) < 4.78 is 34.5. The topological polar surface area (TPSA) is 101 Å². The standard InChI is InChI=1S/C26H16ClF2N3O4/c27-17-8-5-16(13-30)22(11-17)32-24(33)14-35-25(34)20-12-23(31-21-4-2-1-3-19(20)21)15-6-9-18(10-7-15)36-26(28)29/h1-12,26H,14H2,(H,32,33). The van der Waals surface area contributed by atoms with Crippen LogP contribution in [0.15, 0.2) is 72.8 Å². The van der Waals surface area contributed by atoms with E-state index in [1.54, 1.807) is 24.3 Å². The summed E-state index contributed by atoms with van der Waals surface area (Å²) in [7, 11) is 0. The molecular formula is C26H16ClF2N3O4. The number of ether oxygens (including phenoxy) is 2. The van der Waals surface area contributed by atoms with Crippen molar-refractivity contribution < 1.29 is 27.8 Å². The van der Waals surface area contributed by atoms with Crippen molar-refractivity contribution in [3.05, 3.63) is 88.9 Å². The van der Waals surface area contributed by atoms with Crippen LogP contribution >= 0.6 is 11.6 Å². The number of carbonyl (C=O) groups is 2. The van der Waals surface area contributed by atoms with Gasteiger partial charge in [0, 0.05) is 16.0 Å². The van der Waals surface area contributed by atoms with Gasteiger partial charge in [-0.1, -0.05) is 29.8 Å². The van der Waals surface area contributed by atoms with Crippen molar-refractivity contribution in [2.24, 2.45) is 0 Å². The zero-order valence-corrected chi connectivity index (χ0v) is 19.1. The van der Waals surface area contributed by atoms with E-state index in [0.717, 1.165) is 0 Å². The first kappa shape index (κ1) is 24.6. The van der Waals surface area contributed by atoms with Gasteiger partial charge in [0.15, 0.2) is 6.61 Å². The van der Waals surface area contributed by atoms with Gasteiger partial charge in [0.1, 0.15) is 11.8 Å². The highest BCUT2D eigenvalue weighted by Crippen LogP contribution is 2.27. The summed E-state index contributed by atoms with van der Waals surface area (Å²) in [5.41, 5.74) is 2.01. The average molecular weight is 508 g/mol. The summed E-state index contributed by atoms with van der Waals surface area (Å²) in [6.45, 7) is -3.56. The molecule has 0 atom stereocenters. The lowest BCUT2D eigenvalue weighted by molar-refractivity contribution is -0.119. The summed E-state index contributed by atoms with van der Waals surface area (Å²) in [5, 5.41) is 12.5. The number of pyridine rings is 1. The molecule has 0 saturated heterocycles. The Kier molecular flexibility index (Phi) is 7.37. The third kappa shape index (κ3) is 5.74. The molecule has 0 unspecified atom stereocenters. The molecule has 1 N–H and O–H groups in total. The van der Waals surface area contributed by atoms with Gasteiger partial charge < -0.3 is 14.8 Å². The van der Waals surface area contributed by atoms with Crippen LogP contribution in [0.3, 0.4) is 0 Å². The average Bonchev–Trinajstić information content (AvgIpc) is 2.87. The number of esters is 1. The number of nitriles is 1. The van der Waals surface area contributed by atoms with Gasteiger partial charge in [-0.05, 0) is 54.6 Å². The van der Waals surface area contributed by atoms with Gasteiger partial charge in [0.2, 0.25) is 0 Å². The van der Waals surface area contributed by atoms with Gasteiger partial charge in [-0.2, -0.15) is 14.0 Å². The van der Waals surface area contributed by atoms with Gasteiger partial charge in [0.05, 0.1) is 28.0 Å². The Morgan fingerprint density at radius 3 is 2.53 bits per heavy atom. The fourth-order valence-electron chi connectivity index (χ4n) is 3.41. The molecule has 4 aromatic rings. The van der Waals surface area contributed by atoms with Gasteiger partial charge in [-0.3, -0.25) is 4.79 Å². The number of aromatic nitrogens is 1. The second-order valence-corrected chi connectivity index (χ2v) is 7.84. The van der Waals surface area contributed by atoms with Crippen LogP contribution in [-0.2, 0) is 9.53 Å². The third-order valence-corrected chi connectivity index (χ3v) is 5.26. The van der Waals surface area contributed by atoms with Crippen LogP contribution in [0.1, 0.15) is 15.9 Å². The normalized spacial score (nSPS) is 10.6. The molecular weight excluding hydrogens is 492 g/mol. The molecule has 0 bridgehead atoms. The lowest BCUT2D eigenvalue weighted by atomic mass is 10.0. The number of anilines is 1. The van der Waals surface area contributed by atoms with Crippen molar-refractivity contribution in [1.82, 2.24) is 4.98 Å². The monoisotopic (exact) mass is 507 g/mol. The number of hydrogen-bond acceptors (Lipinski definition) is 6. The molecule has 0 aliphatic rings. The number of benzene rings is 3. The number of hydrogen-bond donors (Lipinski definition) is 1. The molecule has 0 saturated carbocycles. The van der Waals surface area contributed by atoms with E-state index in [9.17, 15) is 23.6 Å². The molecule has 10 heteroatoms. The molecule has 0 fully saturated rings. The van der Waals surface area contributed by atoms with Crippen molar-refractivity contribution in [1.29, 1.82) is 5.26 Å². The lowest BCUT2D eigenvalue weighted by Crippen LogP contribution is -2.21. The molecule has 36 heavy (non-hydrogen) atoms. The minimum atomic E-state index is -2.95. The minimum Gasteiger partial charge on any atom is -0.452 e. The highest BCUT2D eigenvalue weighted by molar-refractivity contribution is 6.31. The van der Waals surface area contributed by atoms with E-state index in [2.05, 4.69) is 15.0 Å². The number of fused-ring (bicyclic) bond motifs is 1. The Bertz CT molecular complexity index is 1490. The maximum absolute atomic E-state index is 12.9. The summed E-state index contributed by atoms with van der Waals surface area (Å²) >= 11 is 5.92. The van der Waals surface area contributed by atoms with Gasteiger partial charge in [-0.15, -0.1) is 0 Å². The Labute approximate surface area is 208 Å². The van der Waals surface area contributed by atoms with Crippen LogP contribution < -0.4 is 10.1 Å². The molecule has 1 amide bonds. The fraction of sp³-hybridized carbons (Fsp3) is 0.0769. The first-order valence-corrected chi connectivity index (χ1v) is 10.8. The molecule has 0 aliphatic carbocycles. The number of alkyl halides is 2. The lowest BCUT2D eigenvalue weighted by Gasteiger charge is -2.11. The number of halogens is 3. The molecule has 1 heterocycles. The minimum absolute atomic E-state index is 0.0144. The third-order valence-electron chi connectivity index (χ3n) is 5.02. The molecule has 4 rings (SSSR count). The van der Waals surface area contributed by atoms with Crippen molar-refractivity contribution >= 4 is 40.1 Å². The molecule has 0 spiro atoms. The summed E-state index contributed by atoms with van der Waals surface area (Å²) in [6, 6.07) is 20.5. The number of para-hydroxylation sites is 1. The summed E-state index contributed by atoms with van der Waals surface area (Å²) in [4.78, 5) is 29.9. The Balaban J connectivity index is 1.55. The first-order valence-electron chi connectivity index (χ1n) is 10.5. The van der Waals surface area contributed by atoms with Crippen LogP contribution in [-0.4, -0.2) is 30.1 Å². The predicted octanol–water partition coefficient (Wildman–Crippen LogP) is 5.82. The molecule has 180 valence electrons. The molecule has 0 aliphatic heterocycles. The number of rotatable bonds is 7. The number of nitrogens with zero attached hydrogens (tertiary/aromatic N) is 2. The van der Waals surface area contributed by atoms with Crippen molar-refractivity contribution in [2.45, 2.75) is 6.61 Å². The van der Waals surface area contributed by atoms with E-state index >= 15 is 0 Å². The maximum Gasteiger partial charge on any atom is 0.387 e. The predicted molar refractivity (Wildman–Crippen MR) is 129 cm³/mol. The largest absolute Gasteiger partial charge is 0.452 e. The molecule has 1 aromatic heterocycles. The quantitative estimate of drug-likeness (QED) is 0.316. The van der Waals surface area contributed by atoms with Gasteiger partial charge >= 0.3 is 12.6 Å². The Morgan fingerprint density at radius 2 is 1.81 bits per heavy atom. The van der Waals surface area contributed by atoms with Crippen LogP contribution in [0, 0.1) is 11.3 Å². The van der Waals surface area contributed by atoms with Gasteiger partial charge in [0.25, 0.3) is 5.91 Å². The molecule has 3 aromatic carbocycles. The van der Waals surface area contributed by atoms with Crippen LogP contribution in [0.25, 0.3) is 22.2 Å². The number of amides is 1. The van der Waals surface area contributed by atoms with E-state index in [0.29, 0.717) is 27.2 Å². The second-order valence-electron chi connectivity index (χ2n) is 7.40. The second kappa shape index (κ2) is 10.8. The van der Waals surface area contributed by atoms with Crippen LogP contribution in [0.2, 0.25) is 5.02 Å². The highest BCUT2D eigenvalue weighted by atomic mass is 35.5. The fourth-order valence-corrected chi connectivity index (χ4v) is 3.58. The zero-order chi connectivity index (χ0) is 25.7. The van der Waals surface area contributed by atoms with E-state index in [4.69, 9.17) is 16.3 Å². The highest BCUT2D eigenvalue weighted by Gasteiger charge is 2.17. The van der Waals surface area contributed by atoms with E-state index in [-0.39, 0.29) is 22.6 Å². The van der Waals surface area contributed by atoms with E-state index < -0.39 is 25.1 Å². The number of nitrogens with one attached hydrogen (secondary N) is 1. The number of carbonyl (C=O) groups excluding carboxylic acids is 2. The zero-order valence-electron chi connectivity index (χ0n) is 18.4. The smallest absolute Gasteiger partial charge is 0.387 e. The van der Waals surface area contributed by atoms with Gasteiger partial charge in [-0.25, -0.2) is 9.78 Å². The van der Waals surface area contributed by atoms with Crippen LogP contribution in [0.5, 0.6) is 5.75 Å². The van der Waals surface area contributed by atoms with Crippen molar-refractivity contribution in [3.8, 4) is 23.1 Å². The Morgan fingerprint density at radius 1 is 1.06 bits per heavy atom. The first-order chi connectivity index (χ1) is 17.3. The van der Waals surface area contributed by atoms with E-state index in [1.165, 1.54) is 48.5 Å². The van der Waals surface area contributed by atoms with Crippen molar-refractivity contribution in [3.63, 3.8) is 0 Å². The van der Waals surface area contributed by atoms with E-state index in [1.807, 2.05) is 6.07 Å². The maximum atomic E-state index is 12.9. The van der Waals surface area contributed by atoms with Crippen molar-refractivity contribution in [2.75, 3.05) is 11.9 Å². The molecule has 0 radical (unpaired) electrons.